The van der Waals surface area contributed by atoms with Gasteiger partial charge in [0.15, 0.2) is 11.5 Å². The zero-order valence-corrected chi connectivity index (χ0v) is 16.0. The number of carbonyl (C=O) groups excluding carboxylic acids is 1. The van der Waals surface area contributed by atoms with E-state index >= 15 is 0 Å². The number of hydrogen-bond donors (Lipinski definition) is 1. The van der Waals surface area contributed by atoms with Gasteiger partial charge in [0.25, 0.3) is 5.91 Å². The number of aryl methyl sites for hydroxylation is 2. The van der Waals surface area contributed by atoms with Crippen LogP contribution in [-0.4, -0.2) is 48.9 Å². The highest BCUT2D eigenvalue weighted by atomic mass is 16.2. The number of anilines is 2. The van der Waals surface area contributed by atoms with Gasteiger partial charge in [-0.2, -0.15) is 5.10 Å². The Bertz CT molecular complexity index is 976. The van der Waals surface area contributed by atoms with Gasteiger partial charge in [-0.1, -0.05) is 0 Å². The minimum atomic E-state index is -0.365. The summed E-state index contributed by atoms with van der Waals surface area (Å²) in [5.74, 6) is 1.48. The number of nitrogens with zero attached hydrogens (tertiary/aromatic N) is 7. The lowest BCUT2D eigenvalue weighted by Gasteiger charge is -2.27. The number of aromatic nitrogens is 6. The van der Waals surface area contributed by atoms with E-state index in [9.17, 15) is 4.79 Å². The molecule has 0 bridgehead atoms. The monoisotopic (exact) mass is 378 g/mol. The van der Waals surface area contributed by atoms with Crippen molar-refractivity contribution < 1.29 is 4.79 Å². The molecule has 9 nitrogen and oxygen atoms in total. The average Bonchev–Trinajstić information content (AvgIpc) is 3.07. The lowest BCUT2D eigenvalue weighted by molar-refractivity contribution is 0.102. The van der Waals surface area contributed by atoms with E-state index in [0.717, 1.165) is 43.1 Å². The van der Waals surface area contributed by atoms with Crippen molar-refractivity contribution in [2.24, 2.45) is 0 Å². The normalized spacial score (nSPS) is 14.1. The summed E-state index contributed by atoms with van der Waals surface area (Å²) in [6.45, 7) is 5.81. The van der Waals surface area contributed by atoms with Crippen LogP contribution in [0.5, 0.6) is 0 Å². The van der Waals surface area contributed by atoms with Crippen LogP contribution in [-0.2, 0) is 0 Å². The first-order chi connectivity index (χ1) is 13.6. The Labute approximate surface area is 162 Å². The highest BCUT2D eigenvalue weighted by Crippen LogP contribution is 2.19. The van der Waals surface area contributed by atoms with Crippen molar-refractivity contribution in [1.29, 1.82) is 0 Å². The number of piperidine rings is 1. The number of nitrogens with one attached hydrogen (secondary N) is 1. The number of amides is 1. The molecule has 1 N–H and O–H groups in total. The second kappa shape index (κ2) is 7.71. The van der Waals surface area contributed by atoms with E-state index in [1.165, 1.54) is 12.7 Å². The third-order valence-electron chi connectivity index (χ3n) is 4.68. The molecule has 4 heterocycles. The van der Waals surface area contributed by atoms with Crippen LogP contribution in [0.1, 0.15) is 41.1 Å². The Hall–Kier alpha value is -3.36. The van der Waals surface area contributed by atoms with Gasteiger partial charge in [0.2, 0.25) is 0 Å². The van der Waals surface area contributed by atoms with Gasteiger partial charge in [0.1, 0.15) is 18.0 Å². The molecule has 0 saturated carbocycles. The molecule has 9 heteroatoms. The SMILES string of the molecule is Cc1cc(C)n(-c2ccc(C(=O)Nc3cc(N4CCCCC4)ncn3)nn2)n1. The maximum absolute atomic E-state index is 12.5. The van der Waals surface area contributed by atoms with Crippen LogP contribution in [0.15, 0.2) is 30.6 Å². The Morgan fingerprint density at radius 1 is 1.00 bits per heavy atom. The number of carbonyl (C=O) groups is 1. The molecule has 1 amide bonds. The molecule has 0 aromatic carbocycles. The van der Waals surface area contributed by atoms with Gasteiger partial charge in [-0.15, -0.1) is 10.2 Å². The van der Waals surface area contributed by atoms with E-state index in [4.69, 9.17) is 0 Å². The Kier molecular flexibility index (Phi) is 4.96. The fraction of sp³-hybridized carbons (Fsp3) is 0.368. The van der Waals surface area contributed by atoms with Crippen LogP contribution in [0.4, 0.5) is 11.6 Å². The topological polar surface area (TPSA) is 102 Å². The van der Waals surface area contributed by atoms with Gasteiger partial charge < -0.3 is 10.2 Å². The van der Waals surface area contributed by atoms with Crippen LogP contribution < -0.4 is 10.2 Å². The Balaban J connectivity index is 1.47. The van der Waals surface area contributed by atoms with Crippen LogP contribution >= 0.6 is 0 Å². The third kappa shape index (κ3) is 3.83. The van der Waals surface area contributed by atoms with Gasteiger partial charge >= 0.3 is 0 Å². The molecule has 1 saturated heterocycles. The molecule has 28 heavy (non-hydrogen) atoms. The van der Waals surface area contributed by atoms with Crippen molar-refractivity contribution in [1.82, 2.24) is 29.9 Å². The van der Waals surface area contributed by atoms with E-state index in [0.29, 0.717) is 11.6 Å². The summed E-state index contributed by atoms with van der Waals surface area (Å²) in [5, 5.41) is 15.3. The fourth-order valence-electron chi connectivity index (χ4n) is 3.31. The van der Waals surface area contributed by atoms with Crippen LogP contribution in [0.25, 0.3) is 5.82 Å². The molecule has 0 atom stereocenters. The molecule has 3 aromatic heterocycles. The summed E-state index contributed by atoms with van der Waals surface area (Å²) in [6.07, 6.45) is 5.03. The summed E-state index contributed by atoms with van der Waals surface area (Å²) in [4.78, 5) is 23.2. The Morgan fingerprint density at radius 2 is 1.82 bits per heavy atom. The molecule has 4 rings (SSSR count). The van der Waals surface area contributed by atoms with Crippen molar-refractivity contribution >= 4 is 17.5 Å². The van der Waals surface area contributed by atoms with Gasteiger partial charge in [-0.3, -0.25) is 4.79 Å². The summed E-state index contributed by atoms with van der Waals surface area (Å²) >= 11 is 0. The molecule has 1 aliphatic heterocycles. The predicted molar refractivity (Wildman–Crippen MR) is 105 cm³/mol. The smallest absolute Gasteiger partial charge is 0.277 e. The second-order valence-electron chi connectivity index (χ2n) is 6.88. The molecule has 144 valence electrons. The van der Waals surface area contributed by atoms with E-state index in [1.54, 1.807) is 22.9 Å². The molecule has 1 fully saturated rings. The first-order valence-electron chi connectivity index (χ1n) is 9.36. The molecule has 0 radical (unpaired) electrons. The van der Waals surface area contributed by atoms with E-state index < -0.39 is 0 Å². The molecular formula is C19H22N8O. The first kappa shape index (κ1) is 18.0. The van der Waals surface area contributed by atoms with Gasteiger partial charge in [-0.05, 0) is 51.3 Å². The van der Waals surface area contributed by atoms with Gasteiger partial charge in [0, 0.05) is 24.8 Å². The molecule has 0 unspecified atom stereocenters. The molecular weight excluding hydrogens is 356 g/mol. The van der Waals surface area contributed by atoms with Crippen molar-refractivity contribution in [3.05, 3.63) is 47.7 Å². The zero-order chi connectivity index (χ0) is 19.5. The lowest BCUT2D eigenvalue weighted by atomic mass is 10.1. The van der Waals surface area contributed by atoms with Crippen LogP contribution in [0, 0.1) is 13.8 Å². The average molecular weight is 378 g/mol. The molecule has 0 spiro atoms. The highest BCUT2D eigenvalue weighted by molar-refractivity contribution is 6.02. The van der Waals surface area contributed by atoms with Crippen molar-refractivity contribution in [3.63, 3.8) is 0 Å². The number of rotatable bonds is 4. The number of hydrogen-bond acceptors (Lipinski definition) is 7. The maximum atomic E-state index is 12.5. The standard InChI is InChI=1S/C19H22N8O/c1-13-10-14(2)27(25-13)17-7-6-15(23-24-17)19(28)22-16-11-18(21-12-20-16)26-8-4-3-5-9-26/h6-7,10-12H,3-5,8-9H2,1-2H3,(H,20,21,22,28). The van der Waals surface area contributed by atoms with Crippen molar-refractivity contribution in [2.45, 2.75) is 33.1 Å². The van der Waals surface area contributed by atoms with Gasteiger partial charge in [-0.25, -0.2) is 14.6 Å². The highest BCUT2D eigenvalue weighted by Gasteiger charge is 2.15. The van der Waals surface area contributed by atoms with E-state index in [1.807, 2.05) is 19.9 Å². The first-order valence-corrected chi connectivity index (χ1v) is 9.36. The minimum Gasteiger partial charge on any atom is -0.356 e. The van der Waals surface area contributed by atoms with E-state index in [2.05, 4.69) is 35.5 Å². The molecule has 1 aliphatic rings. The third-order valence-corrected chi connectivity index (χ3v) is 4.68. The zero-order valence-electron chi connectivity index (χ0n) is 16.0. The largest absolute Gasteiger partial charge is 0.356 e. The quantitative estimate of drug-likeness (QED) is 0.743. The summed E-state index contributed by atoms with van der Waals surface area (Å²) in [6, 6.07) is 7.10. The molecule has 3 aromatic rings. The Morgan fingerprint density at radius 3 is 2.50 bits per heavy atom. The summed E-state index contributed by atoms with van der Waals surface area (Å²) in [7, 11) is 0. The van der Waals surface area contributed by atoms with E-state index in [-0.39, 0.29) is 11.6 Å². The minimum absolute atomic E-state index is 0.211. The predicted octanol–water partition coefficient (Wildman–Crippen LogP) is 2.31. The molecule has 0 aliphatic carbocycles. The fourth-order valence-corrected chi connectivity index (χ4v) is 3.31. The van der Waals surface area contributed by atoms with Gasteiger partial charge in [0.05, 0.1) is 5.69 Å². The maximum Gasteiger partial charge on any atom is 0.277 e. The van der Waals surface area contributed by atoms with Crippen LogP contribution in [0.3, 0.4) is 0 Å². The summed E-state index contributed by atoms with van der Waals surface area (Å²) in [5.41, 5.74) is 2.06. The van der Waals surface area contributed by atoms with Crippen molar-refractivity contribution in [2.75, 3.05) is 23.3 Å². The van der Waals surface area contributed by atoms with Crippen LogP contribution in [0.2, 0.25) is 0 Å². The summed E-state index contributed by atoms with van der Waals surface area (Å²) < 4.78 is 1.69. The lowest BCUT2D eigenvalue weighted by Crippen LogP contribution is -2.30. The van der Waals surface area contributed by atoms with Crippen molar-refractivity contribution in [3.8, 4) is 5.82 Å². The second-order valence-corrected chi connectivity index (χ2v) is 6.88.